The lowest BCUT2D eigenvalue weighted by molar-refractivity contribution is 0.837. The Labute approximate surface area is 123 Å². The first-order chi connectivity index (χ1) is 10.2. The van der Waals surface area contributed by atoms with Crippen LogP contribution in [-0.2, 0) is 0 Å². The van der Waals surface area contributed by atoms with E-state index in [0.717, 1.165) is 23.0 Å². The number of imidazole rings is 1. The summed E-state index contributed by atoms with van der Waals surface area (Å²) in [4.78, 5) is 13.0. The molecule has 0 aliphatic rings. The van der Waals surface area contributed by atoms with Crippen LogP contribution in [0.3, 0.4) is 0 Å². The first-order valence-corrected chi connectivity index (χ1v) is 6.88. The average molecular weight is 279 g/mol. The molecular weight excluding hydrogens is 262 g/mol. The maximum absolute atomic E-state index is 4.47. The van der Waals surface area contributed by atoms with E-state index >= 15 is 0 Å². The molecule has 1 atom stereocenters. The van der Waals surface area contributed by atoms with E-state index in [0.29, 0.717) is 0 Å². The molecule has 1 N–H and O–H groups in total. The third-order valence-electron chi connectivity index (χ3n) is 3.34. The number of hydrogen-bond donors (Lipinski definition) is 1. The van der Waals surface area contributed by atoms with E-state index < -0.39 is 0 Å². The molecule has 3 rings (SSSR count). The highest BCUT2D eigenvalue weighted by Gasteiger charge is 2.07. The van der Waals surface area contributed by atoms with E-state index in [1.165, 1.54) is 0 Å². The van der Waals surface area contributed by atoms with Gasteiger partial charge in [0.15, 0.2) is 0 Å². The van der Waals surface area contributed by atoms with Crippen molar-refractivity contribution in [3.8, 4) is 5.82 Å². The highest BCUT2D eigenvalue weighted by Crippen LogP contribution is 2.17. The molecule has 0 saturated carbocycles. The maximum atomic E-state index is 4.47. The highest BCUT2D eigenvalue weighted by molar-refractivity contribution is 5.45. The van der Waals surface area contributed by atoms with E-state index in [4.69, 9.17) is 0 Å². The SMILES string of the molecule is Cc1nccn1-c1ccc(NC(C)c2ccccn2)cn1. The largest absolute Gasteiger partial charge is 0.376 e. The van der Waals surface area contributed by atoms with Gasteiger partial charge in [0.25, 0.3) is 0 Å². The predicted octanol–water partition coefficient (Wildman–Crippen LogP) is 3.14. The number of nitrogens with zero attached hydrogens (tertiary/aromatic N) is 4. The Kier molecular flexibility index (Phi) is 3.64. The molecular formula is C16H17N5. The van der Waals surface area contributed by atoms with Crippen LogP contribution in [0.15, 0.2) is 55.1 Å². The van der Waals surface area contributed by atoms with E-state index in [2.05, 4.69) is 27.2 Å². The molecule has 0 saturated heterocycles. The molecule has 0 bridgehead atoms. The van der Waals surface area contributed by atoms with Crippen LogP contribution in [0.1, 0.15) is 24.5 Å². The second-order valence-electron chi connectivity index (χ2n) is 4.87. The van der Waals surface area contributed by atoms with Crippen LogP contribution in [0.25, 0.3) is 5.82 Å². The lowest BCUT2D eigenvalue weighted by atomic mass is 10.2. The molecule has 3 heterocycles. The van der Waals surface area contributed by atoms with E-state index in [-0.39, 0.29) is 6.04 Å². The van der Waals surface area contributed by atoms with Crippen LogP contribution >= 0.6 is 0 Å². The fourth-order valence-electron chi connectivity index (χ4n) is 2.19. The van der Waals surface area contributed by atoms with Crippen LogP contribution in [0, 0.1) is 6.92 Å². The highest BCUT2D eigenvalue weighted by atomic mass is 15.1. The summed E-state index contributed by atoms with van der Waals surface area (Å²) in [5.74, 6) is 1.78. The number of aromatic nitrogens is 4. The zero-order chi connectivity index (χ0) is 14.7. The smallest absolute Gasteiger partial charge is 0.138 e. The lowest BCUT2D eigenvalue weighted by Crippen LogP contribution is -2.08. The summed E-state index contributed by atoms with van der Waals surface area (Å²) in [6, 6.07) is 10.0. The van der Waals surface area contributed by atoms with E-state index in [1.54, 1.807) is 12.4 Å². The Morgan fingerprint density at radius 3 is 2.57 bits per heavy atom. The van der Waals surface area contributed by atoms with Gasteiger partial charge in [-0.05, 0) is 38.1 Å². The Morgan fingerprint density at radius 1 is 1.05 bits per heavy atom. The third kappa shape index (κ3) is 2.91. The summed E-state index contributed by atoms with van der Waals surface area (Å²) in [6.45, 7) is 4.03. The van der Waals surface area contributed by atoms with Crippen molar-refractivity contribution in [3.05, 3.63) is 66.6 Å². The zero-order valence-corrected chi connectivity index (χ0v) is 12.1. The molecule has 1 unspecified atom stereocenters. The van der Waals surface area contributed by atoms with E-state index in [1.807, 2.05) is 54.2 Å². The van der Waals surface area contributed by atoms with Gasteiger partial charge in [-0.1, -0.05) is 6.07 Å². The zero-order valence-electron chi connectivity index (χ0n) is 12.1. The number of aryl methyl sites for hydroxylation is 1. The van der Waals surface area contributed by atoms with Crippen molar-refractivity contribution in [1.82, 2.24) is 19.5 Å². The fourth-order valence-corrected chi connectivity index (χ4v) is 2.19. The first kappa shape index (κ1) is 13.3. The van der Waals surface area contributed by atoms with Gasteiger partial charge in [0.2, 0.25) is 0 Å². The Morgan fingerprint density at radius 2 is 1.95 bits per heavy atom. The maximum Gasteiger partial charge on any atom is 0.138 e. The summed E-state index contributed by atoms with van der Waals surface area (Å²) in [6.07, 6.45) is 7.30. The molecule has 5 heteroatoms. The quantitative estimate of drug-likeness (QED) is 0.797. The van der Waals surface area contributed by atoms with E-state index in [9.17, 15) is 0 Å². The van der Waals surface area contributed by atoms with Crippen molar-refractivity contribution in [3.63, 3.8) is 0 Å². The van der Waals surface area contributed by atoms with Crippen LogP contribution in [0.2, 0.25) is 0 Å². The summed E-state index contributed by atoms with van der Waals surface area (Å²) >= 11 is 0. The molecule has 106 valence electrons. The number of nitrogens with one attached hydrogen (secondary N) is 1. The molecule has 0 spiro atoms. The number of pyridine rings is 2. The Bertz CT molecular complexity index is 703. The first-order valence-electron chi connectivity index (χ1n) is 6.88. The topological polar surface area (TPSA) is 55.6 Å². The molecule has 0 aliphatic heterocycles. The summed E-state index contributed by atoms with van der Waals surface area (Å²) in [5, 5.41) is 3.40. The van der Waals surface area contributed by atoms with Crippen molar-refractivity contribution in [1.29, 1.82) is 0 Å². The van der Waals surface area contributed by atoms with Crippen LogP contribution in [0.5, 0.6) is 0 Å². The molecule has 0 radical (unpaired) electrons. The van der Waals surface area contributed by atoms with Crippen molar-refractivity contribution in [2.45, 2.75) is 19.9 Å². The fraction of sp³-hybridized carbons (Fsp3) is 0.188. The minimum atomic E-state index is 0.133. The van der Waals surface area contributed by atoms with Gasteiger partial charge in [-0.25, -0.2) is 9.97 Å². The predicted molar refractivity (Wildman–Crippen MR) is 82.4 cm³/mol. The summed E-state index contributed by atoms with van der Waals surface area (Å²) in [7, 11) is 0. The van der Waals surface area contributed by atoms with Gasteiger partial charge in [-0.15, -0.1) is 0 Å². The monoisotopic (exact) mass is 279 g/mol. The van der Waals surface area contributed by atoms with Gasteiger partial charge in [-0.3, -0.25) is 9.55 Å². The molecule has 3 aromatic rings. The van der Waals surface area contributed by atoms with Crippen molar-refractivity contribution in [2.24, 2.45) is 0 Å². The molecule has 0 aromatic carbocycles. The molecule has 0 aliphatic carbocycles. The number of anilines is 1. The molecule has 3 aromatic heterocycles. The molecule has 5 nitrogen and oxygen atoms in total. The second kappa shape index (κ2) is 5.75. The number of hydrogen-bond acceptors (Lipinski definition) is 4. The van der Waals surface area contributed by atoms with Crippen molar-refractivity contribution in [2.75, 3.05) is 5.32 Å². The lowest BCUT2D eigenvalue weighted by Gasteiger charge is -2.14. The third-order valence-corrected chi connectivity index (χ3v) is 3.34. The van der Waals surface area contributed by atoms with Crippen molar-refractivity contribution < 1.29 is 0 Å². The van der Waals surface area contributed by atoms with Gasteiger partial charge >= 0.3 is 0 Å². The second-order valence-corrected chi connectivity index (χ2v) is 4.87. The minimum absolute atomic E-state index is 0.133. The average Bonchev–Trinajstić information content (AvgIpc) is 2.95. The van der Waals surface area contributed by atoms with Gasteiger partial charge < -0.3 is 5.32 Å². The summed E-state index contributed by atoms with van der Waals surface area (Å²) in [5.41, 5.74) is 1.97. The summed E-state index contributed by atoms with van der Waals surface area (Å²) < 4.78 is 1.95. The molecule has 0 fully saturated rings. The normalized spacial score (nSPS) is 12.1. The van der Waals surface area contributed by atoms with Gasteiger partial charge in [0, 0.05) is 18.6 Å². The van der Waals surface area contributed by atoms with Crippen LogP contribution in [-0.4, -0.2) is 19.5 Å². The standard InChI is InChI=1S/C16H17N5/c1-12(15-5-3-4-8-18-15)20-14-6-7-16(19-11-14)21-10-9-17-13(21)2/h3-12,20H,1-2H3. The van der Waals surface area contributed by atoms with Gasteiger partial charge in [0.1, 0.15) is 11.6 Å². The Hall–Kier alpha value is -2.69. The Balaban J connectivity index is 1.75. The van der Waals surface area contributed by atoms with Crippen LogP contribution in [0.4, 0.5) is 5.69 Å². The molecule has 0 amide bonds. The van der Waals surface area contributed by atoms with Crippen molar-refractivity contribution >= 4 is 5.69 Å². The van der Waals surface area contributed by atoms with Crippen LogP contribution < -0.4 is 5.32 Å². The molecule has 21 heavy (non-hydrogen) atoms. The number of rotatable bonds is 4. The minimum Gasteiger partial charge on any atom is -0.376 e. The van der Waals surface area contributed by atoms with Gasteiger partial charge in [0.05, 0.1) is 23.6 Å². The van der Waals surface area contributed by atoms with Gasteiger partial charge in [-0.2, -0.15) is 0 Å².